The third-order valence-corrected chi connectivity index (χ3v) is 4.47. The van der Waals surface area contributed by atoms with E-state index >= 15 is 0 Å². The van der Waals surface area contributed by atoms with Crippen molar-refractivity contribution >= 4 is 5.97 Å². The summed E-state index contributed by atoms with van der Waals surface area (Å²) in [4.78, 5) is 12.3. The number of hydrogen-bond donors (Lipinski definition) is 1. The highest BCUT2D eigenvalue weighted by Crippen LogP contribution is 2.41. The van der Waals surface area contributed by atoms with Crippen LogP contribution in [0.25, 0.3) is 0 Å². The Labute approximate surface area is 122 Å². The molecule has 0 aromatic carbocycles. The first-order valence-electron chi connectivity index (χ1n) is 8.02. The average Bonchev–Trinajstić information content (AvgIpc) is 3.13. The number of methoxy groups -OCH3 is 1. The minimum atomic E-state index is -0.447. The molecule has 2 aliphatic carbocycles. The zero-order chi connectivity index (χ0) is 14.6. The van der Waals surface area contributed by atoms with E-state index in [2.05, 4.69) is 19.2 Å². The Balaban J connectivity index is 1.91. The van der Waals surface area contributed by atoms with Gasteiger partial charge in [0, 0.05) is 19.3 Å². The molecule has 2 atom stereocenters. The van der Waals surface area contributed by atoms with Crippen molar-refractivity contribution in [3.8, 4) is 0 Å². The molecule has 2 aliphatic rings. The number of esters is 1. The topological polar surface area (TPSA) is 47.6 Å². The predicted molar refractivity (Wildman–Crippen MR) is 78.5 cm³/mol. The minimum absolute atomic E-state index is 0.0734. The summed E-state index contributed by atoms with van der Waals surface area (Å²) in [6.45, 7) is 5.86. The van der Waals surface area contributed by atoms with Crippen molar-refractivity contribution in [2.75, 3.05) is 20.3 Å². The lowest BCUT2D eigenvalue weighted by Gasteiger charge is -2.34. The summed E-state index contributed by atoms with van der Waals surface area (Å²) in [7, 11) is 1.50. The van der Waals surface area contributed by atoms with Crippen molar-refractivity contribution in [3.63, 3.8) is 0 Å². The van der Waals surface area contributed by atoms with E-state index in [9.17, 15) is 4.79 Å². The lowest BCUT2D eigenvalue weighted by atomic mass is 9.84. The number of hydrogen-bond acceptors (Lipinski definition) is 4. The zero-order valence-corrected chi connectivity index (χ0v) is 13.1. The van der Waals surface area contributed by atoms with E-state index in [1.807, 2.05) is 0 Å². The van der Waals surface area contributed by atoms with Gasteiger partial charge in [0.25, 0.3) is 0 Å². The van der Waals surface area contributed by atoms with E-state index in [4.69, 9.17) is 9.47 Å². The van der Waals surface area contributed by atoms with Crippen molar-refractivity contribution in [2.24, 2.45) is 11.8 Å². The van der Waals surface area contributed by atoms with Gasteiger partial charge in [-0.05, 0) is 43.9 Å². The van der Waals surface area contributed by atoms with Gasteiger partial charge >= 0.3 is 5.97 Å². The van der Waals surface area contributed by atoms with Gasteiger partial charge in [-0.1, -0.05) is 20.3 Å². The standard InChI is InChI=1S/C16H29NO3/c1-12(2)11-20-10-8-13-5-4-9-16(13,15(18)19-3)17-14-6-7-14/h12-14,17H,4-11H2,1-3H3. The van der Waals surface area contributed by atoms with Gasteiger partial charge in [-0.3, -0.25) is 10.1 Å². The Morgan fingerprint density at radius 3 is 2.70 bits per heavy atom. The molecular formula is C16H29NO3. The van der Waals surface area contributed by atoms with Gasteiger partial charge in [0.05, 0.1) is 7.11 Å². The lowest BCUT2D eigenvalue weighted by Crippen LogP contribution is -2.56. The largest absolute Gasteiger partial charge is 0.468 e. The number of rotatable bonds is 8. The molecule has 0 heterocycles. The molecular weight excluding hydrogens is 254 g/mol. The predicted octanol–water partition coefficient (Wildman–Crippen LogP) is 2.51. The maximum Gasteiger partial charge on any atom is 0.326 e. The van der Waals surface area contributed by atoms with Crippen LogP contribution in [0.15, 0.2) is 0 Å². The second-order valence-corrected chi connectivity index (χ2v) is 6.73. The van der Waals surface area contributed by atoms with Crippen LogP contribution in [0.4, 0.5) is 0 Å². The highest BCUT2D eigenvalue weighted by molar-refractivity contribution is 5.81. The van der Waals surface area contributed by atoms with Gasteiger partial charge in [0.15, 0.2) is 0 Å². The Morgan fingerprint density at radius 1 is 1.35 bits per heavy atom. The fourth-order valence-corrected chi connectivity index (χ4v) is 3.30. The average molecular weight is 283 g/mol. The SMILES string of the molecule is COC(=O)C1(NC2CC2)CCCC1CCOCC(C)C. The van der Waals surface area contributed by atoms with Gasteiger partial charge in [-0.15, -0.1) is 0 Å². The van der Waals surface area contributed by atoms with E-state index in [0.29, 0.717) is 17.9 Å². The van der Waals surface area contributed by atoms with Crippen LogP contribution in [-0.2, 0) is 14.3 Å². The van der Waals surface area contributed by atoms with E-state index in [1.165, 1.54) is 20.0 Å². The summed E-state index contributed by atoms with van der Waals surface area (Å²) >= 11 is 0. The van der Waals surface area contributed by atoms with Crippen LogP contribution in [0.3, 0.4) is 0 Å². The Morgan fingerprint density at radius 2 is 2.10 bits per heavy atom. The number of nitrogens with one attached hydrogen (secondary N) is 1. The third-order valence-electron chi connectivity index (χ3n) is 4.47. The first-order valence-corrected chi connectivity index (χ1v) is 8.02. The van der Waals surface area contributed by atoms with Crippen LogP contribution < -0.4 is 5.32 Å². The molecule has 116 valence electrons. The number of ether oxygens (including phenoxy) is 2. The molecule has 0 aromatic rings. The van der Waals surface area contributed by atoms with Crippen LogP contribution >= 0.6 is 0 Å². The molecule has 20 heavy (non-hydrogen) atoms. The molecule has 2 fully saturated rings. The molecule has 2 saturated carbocycles. The molecule has 2 unspecified atom stereocenters. The van der Waals surface area contributed by atoms with Crippen molar-refractivity contribution in [2.45, 2.75) is 64.0 Å². The zero-order valence-electron chi connectivity index (χ0n) is 13.1. The van der Waals surface area contributed by atoms with Crippen LogP contribution in [-0.4, -0.2) is 37.9 Å². The van der Waals surface area contributed by atoms with Gasteiger partial charge in [0.2, 0.25) is 0 Å². The number of carbonyl (C=O) groups is 1. The molecule has 0 aliphatic heterocycles. The summed E-state index contributed by atoms with van der Waals surface area (Å²) in [5.74, 6) is 0.840. The van der Waals surface area contributed by atoms with Gasteiger partial charge < -0.3 is 9.47 Å². The Kier molecular flexibility index (Phi) is 5.44. The third kappa shape index (κ3) is 3.73. The minimum Gasteiger partial charge on any atom is -0.468 e. The molecule has 0 bridgehead atoms. The molecule has 2 rings (SSSR count). The quantitative estimate of drug-likeness (QED) is 0.549. The second-order valence-electron chi connectivity index (χ2n) is 6.73. The second kappa shape index (κ2) is 6.90. The van der Waals surface area contributed by atoms with Crippen molar-refractivity contribution in [3.05, 3.63) is 0 Å². The van der Waals surface area contributed by atoms with Crippen molar-refractivity contribution < 1.29 is 14.3 Å². The van der Waals surface area contributed by atoms with Crippen LogP contribution in [0.2, 0.25) is 0 Å². The first-order chi connectivity index (χ1) is 9.58. The summed E-state index contributed by atoms with van der Waals surface area (Å²) in [6.07, 6.45) is 6.43. The normalized spacial score (nSPS) is 29.9. The molecule has 0 saturated heterocycles. The molecule has 0 amide bonds. The Hall–Kier alpha value is -0.610. The van der Waals surface area contributed by atoms with Crippen LogP contribution in [0.1, 0.15) is 52.4 Å². The van der Waals surface area contributed by atoms with Gasteiger partial charge in [-0.2, -0.15) is 0 Å². The molecule has 1 N–H and O–H groups in total. The summed E-state index contributed by atoms with van der Waals surface area (Å²) in [6, 6.07) is 0.520. The first kappa shape index (κ1) is 15.8. The Bertz CT molecular complexity index is 328. The fourth-order valence-electron chi connectivity index (χ4n) is 3.30. The highest BCUT2D eigenvalue weighted by Gasteiger charge is 2.51. The molecule has 4 heteroatoms. The summed E-state index contributed by atoms with van der Waals surface area (Å²) < 4.78 is 10.8. The maximum absolute atomic E-state index is 12.3. The van der Waals surface area contributed by atoms with Gasteiger partial charge in [-0.25, -0.2) is 0 Å². The van der Waals surface area contributed by atoms with E-state index in [1.54, 1.807) is 0 Å². The maximum atomic E-state index is 12.3. The van der Waals surface area contributed by atoms with E-state index in [0.717, 1.165) is 38.9 Å². The fraction of sp³-hybridized carbons (Fsp3) is 0.938. The van der Waals surface area contributed by atoms with Crippen LogP contribution in [0.5, 0.6) is 0 Å². The monoisotopic (exact) mass is 283 g/mol. The molecule has 0 aromatic heterocycles. The molecule has 0 radical (unpaired) electrons. The summed E-state index contributed by atoms with van der Waals surface area (Å²) in [5.41, 5.74) is -0.447. The van der Waals surface area contributed by atoms with Crippen molar-refractivity contribution in [1.82, 2.24) is 5.32 Å². The summed E-state index contributed by atoms with van der Waals surface area (Å²) in [5, 5.41) is 3.59. The van der Waals surface area contributed by atoms with E-state index < -0.39 is 5.54 Å². The lowest BCUT2D eigenvalue weighted by molar-refractivity contribution is -0.150. The molecule has 4 nitrogen and oxygen atoms in total. The van der Waals surface area contributed by atoms with Gasteiger partial charge in [0.1, 0.15) is 5.54 Å². The van der Waals surface area contributed by atoms with Crippen molar-refractivity contribution in [1.29, 1.82) is 0 Å². The van der Waals surface area contributed by atoms with Crippen LogP contribution in [0, 0.1) is 11.8 Å². The molecule has 0 spiro atoms. The number of carbonyl (C=O) groups excluding carboxylic acids is 1. The smallest absolute Gasteiger partial charge is 0.326 e. The highest BCUT2D eigenvalue weighted by atomic mass is 16.5. The van der Waals surface area contributed by atoms with E-state index in [-0.39, 0.29) is 5.97 Å².